The SMILES string of the molecule is Cc1ccc(-c2nnn(Cc3cn4ccccc4n3)n2)cc1. The molecule has 4 aromatic rings. The zero-order chi connectivity index (χ0) is 14.9. The first-order chi connectivity index (χ1) is 10.8. The molecule has 4 rings (SSSR count). The monoisotopic (exact) mass is 290 g/mol. The molecule has 0 aliphatic rings. The molecule has 0 N–H and O–H groups in total. The summed E-state index contributed by atoms with van der Waals surface area (Å²) in [6.45, 7) is 2.55. The van der Waals surface area contributed by atoms with Crippen LogP contribution in [0.1, 0.15) is 11.3 Å². The van der Waals surface area contributed by atoms with E-state index < -0.39 is 0 Å². The van der Waals surface area contributed by atoms with Gasteiger partial charge in [-0.1, -0.05) is 35.9 Å². The van der Waals surface area contributed by atoms with Gasteiger partial charge in [0, 0.05) is 18.0 Å². The van der Waals surface area contributed by atoms with E-state index in [2.05, 4.69) is 27.3 Å². The summed E-state index contributed by atoms with van der Waals surface area (Å²) in [5.74, 6) is 0.628. The summed E-state index contributed by atoms with van der Waals surface area (Å²) in [5, 5.41) is 12.6. The second-order valence-corrected chi connectivity index (χ2v) is 5.21. The van der Waals surface area contributed by atoms with Gasteiger partial charge >= 0.3 is 0 Å². The van der Waals surface area contributed by atoms with Crippen molar-refractivity contribution in [1.29, 1.82) is 0 Å². The Bertz CT molecular complexity index is 886. The van der Waals surface area contributed by atoms with Crippen LogP contribution in [0.15, 0.2) is 54.9 Å². The molecule has 0 atom stereocenters. The molecule has 6 nitrogen and oxygen atoms in total. The minimum atomic E-state index is 0.501. The summed E-state index contributed by atoms with van der Waals surface area (Å²) in [6, 6.07) is 14.0. The summed E-state index contributed by atoms with van der Waals surface area (Å²) in [7, 11) is 0. The van der Waals surface area contributed by atoms with Crippen molar-refractivity contribution < 1.29 is 0 Å². The van der Waals surface area contributed by atoms with Crippen LogP contribution in [0.5, 0.6) is 0 Å². The second-order valence-electron chi connectivity index (χ2n) is 5.21. The largest absolute Gasteiger partial charge is 0.307 e. The summed E-state index contributed by atoms with van der Waals surface area (Å²) in [6.07, 6.45) is 3.95. The molecule has 0 saturated heterocycles. The maximum Gasteiger partial charge on any atom is 0.204 e. The van der Waals surface area contributed by atoms with Crippen molar-refractivity contribution >= 4 is 5.65 Å². The Morgan fingerprint density at radius 3 is 2.73 bits per heavy atom. The lowest BCUT2D eigenvalue weighted by Crippen LogP contribution is -2.04. The molecule has 0 spiro atoms. The molecule has 0 aliphatic carbocycles. The lowest BCUT2D eigenvalue weighted by molar-refractivity contribution is 0.566. The number of nitrogens with zero attached hydrogens (tertiary/aromatic N) is 6. The minimum absolute atomic E-state index is 0.501. The molecule has 1 aromatic carbocycles. The van der Waals surface area contributed by atoms with Crippen molar-refractivity contribution in [2.75, 3.05) is 0 Å². The van der Waals surface area contributed by atoms with Crippen LogP contribution in [0, 0.1) is 6.92 Å². The highest BCUT2D eigenvalue weighted by molar-refractivity contribution is 5.54. The smallest absolute Gasteiger partial charge is 0.204 e. The molecule has 22 heavy (non-hydrogen) atoms. The third kappa shape index (κ3) is 2.35. The fourth-order valence-electron chi connectivity index (χ4n) is 2.34. The van der Waals surface area contributed by atoms with Gasteiger partial charge in [0.15, 0.2) is 0 Å². The second kappa shape index (κ2) is 5.07. The summed E-state index contributed by atoms with van der Waals surface area (Å²) in [4.78, 5) is 6.10. The molecule has 0 aliphatic heterocycles. The number of imidazole rings is 1. The fourth-order valence-corrected chi connectivity index (χ4v) is 2.34. The number of hydrogen-bond acceptors (Lipinski definition) is 4. The van der Waals surface area contributed by atoms with Gasteiger partial charge in [0.2, 0.25) is 5.82 Å². The summed E-state index contributed by atoms with van der Waals surface area (Å²) < 4.78 is 1.98. The predicted octanol–water partition coefficient (Wildman–Crippen LogP) is 2.34. The van der Waals surface area contributed by atoms with Crippen LogP contribution in [-0.4, -0.2) is 29.6 Å². The molecular formula is C16H14N6. The van der Waals surface area contributed by atoms with Crippen molar-refractivity contribution in [1.82, 2.24) is 29.6 Å². The molecule has 108 valence electrons. The lowest BCUT2D eigenvalue weighted by atomic mass is 10.1. The molecule has 0 saturated carbocycles. The number of benzene rings is 1. The highest BCUT2D eigenvalue weighted by Gasteiger charge is 2.08. The number of rotatable bonds is 3. The van der Waals surface area contributed by atoms with Gasteiger partial charge in [-0.15, -0.1) is 10.2 Å². The third-order valence-electron chi connectivity index (χ3n) is 3.48. The van der Waals surface area contributed by atoms with Gasteiger partial charge in [-0.25, -0.2) is 4.98 Å². The van der Waals surface area contributed by atoms with E-state index >= 15 is 0 Å². The number of tetrazole rings is 1. The zero-order valence-corrected chi connectivity index (χ0v) is 12.1. The highest BCUT2D eigenvalue weighted by atomic mass is 15.6. The van der Waals surface area contributed by atoms with E-state index in [4.69, 9.17) is 0 Å². The van der Waals surface area contributed by atoms with Gasteiger partial charge in [0.05, 0.1) is 5.69 Å². The fraction of sp³-hybridized carbons (Fsp3) is 0.125. The molecule has 3 aromatic heterocycles. The van der Waals surface area contributed by atoms with Gasteiger partial charge in [0.25, 0.3) is 0 Å². The zero-order valence-electron chi connectivity index (χ0n) is 12.1. The third-order valence-corrected chi connectivity index (χ3v) is 3.48. The average molecular weight is 290 g/mol. The Hall–Kier alpha value is -3.02. The van der Waals surface area contributed by atoms with Crippen LogP contribution in [-0.2, 0) is 6.54 Å². The number of pyridine rings is 1. The van der Waals surface area contributed by atoms with Gasteiger partial charge in [-0.3, -0.25) is 0 Å². The molecule has 0 bridgehead atoms. The molecule has 0 radical (unpaired) electrons. The van der Waals surface area contributed by atoms with Crippen LogP contribution in [0.3, 0.4) is 0 Å². The minimum Gasteiger partial charge on any atom is -0.307 e. The normalized spacial score (nSPS) is 11.1. The summed E-state index contributed by atoms with van der Waals surface area (Å²) >= 11 is 0. The predicted molar refractivity (Wildman–Crippen MR) is 82.3 cm³/mol. The molecule has 0 unspecified atom stereocenters. The van der Waals surface area contributed by atoms with Crippen molar-refractivity contribution in [3.63, 3.8) is 0 Å². The van der Waals surface area contributed by atoms with Crippen molar-refractivity contribution in [3.8, 4) is 11.4 Å². The molecule has 3 heterocycles. The van der Waals surface area contributed by atoms with E-state index in [0.717, 1.165) is 16.9 Å². The standard InChI is InChI=1S/C16H14N6/c1-12-5-7-13(8-6-12)16-18-20-22(19-16)11-14-10-21-9-3-2-4-15(21)17-14/h2-10H,11H2,1H3. The van der Waals surface area contributed by atoms with Gasteiger partial charge in [-0.2, -0.15) is 4.80 Å². The Labute approximate surface area is 127 Å². The van der Waals surface area contributed by atoms with Gasteiger partial charge in [-0.05, 0) is 24.3 Å². The molecule has 6 heteroatoms. The van der Waals surface area contributed by atoms with Crippen molar-refractivity contribution in [3.05, 3.63) is 66.1 Å². The quantitative estimate of drug-likeness (QED) is 0.581. The van der Waals surface area contributed by atoms with Gasteiger partial charge in [0.1, 0.15) is 12.2 Å². The van der Waals surface area contributed by atoms with Crippen LogP contribution >= 0.6 is 0 Å². The van der Waals surface area contributed by atoms with Crippen LogP contribution in [0.25, 0.3) is 17.0 Å². The molecule has 0 fully saturated rings. The average Bonchev–Trinajstić information content (AvgIpc) is 3.14. The first-order valence-corrected chi connectivity index (χ1v) is 7.05. The first kappa shape index (κ1) is 12.7. The summed E-state index contributed by atoms with van der Waals surface area (Å²) in [5.41, 5.74) is 3.99. The maximum absolute atomic E-state index is 4.54. The number of aromatic nitrogens is 6. The van der Waals surface area contributed by atoms with Crippen molar-refractivity contribution in [2.45, 2.75) is 13.5 Å². The Balaban J connectivity index is 1.60. The van der Waals surface area contributed by atoms with E-state index in [0.29, 0.717) is 12.4 Å². The van der Waals surface area contributed by atoms with E-state index in [9.17, 15) is 0 Å². The van der Waals surface area contributed by atoms with Gasteiger partial charge < -0.3 is 4.40 Å². The maximum atomic E-state index is 4.54. The number of hydrogen-bond donors (Lipinski definition) is 0. The van der Waals surface area contributed by atoms with E-state index in [1.807, 2.05) is 59.3 Å². The topological polar surface area (TPSA) is 60.9 Å². The Morgan fingerprint density at radius 1 is 1.05 bits per heavy atom. The highest BCUT2D eigenvalue weighted by Crippen LogP contribution is 2.14. The van der Waals surface area contributed by atoms with Crippen LogP contribution in [0.2, 0.25) is 0 Å². The number of fused-ring (bicyclic) bond motifs is 1. The van der Waals surface area contributed by atoms with Crippen molar-refractivity contribution in [2.24, 2.45) is 0 Å². The van der Waals surface area contributed by atoms with E-state index in [1.54, 1.807) is 4.80 Å². The van der Waals surface area contributed by atoms with E-state index in [1.165, 1.54) is 5.56 Å². The Kier molecular flexibility index (Phi) is 2.93. The lowest BCUT2D eigenvalue weighted by Gasteiger charge is -1.95. The van der Waals surface area contributed by atoms with Crippen LogP contribution in [0.4, 0.5) is 0 Å². The molecule has 0 amide bonds. The van der Waals surface area contributed by atoms with Crippen LogP contribution < -0.4 is 0 Å². The first-order valence-electron chi connectivity index (χ1n) is 7.05. The number of aryl methyl sites for hydroxylation is 1. The molecular weight excluding hydrogens is 276 g/mol. The Morgan fingerprint density at radius 2 is 1.91 bits per heavy atom. The van der Waals surface area contributed by atoms with E-state index in [-0.39, 0.29) is 0 Å².